The summed E-state index contributed by atoms with van der Waals surface area (Å²) in [5.74, 6) is 1.03. The third-order valence-electron chi connectivity index (χ3n) is 4.03. The summed E-state index contributed by atoms with van der Waals surface area (Å²) in [6.45, 7) is 4.09. The molecule has 2 aromatic heterocycles. The molecule has 1 aliphatic rings. The van der Waals surface area contributed by atoms with Crippen LogP contribution < -0.4 is 0 Å². The molecule has 106 valence electrons. The third-order valence-corrected chi connectivity index (χ3v) is 4.03. The van der Waals surface area contributed by atoms with Gasteiger partial charge in [-0.15, -0.1) is 0 Å². The Bertz CT molecular complexity index is 830. The quantitative estimate of drug-likeness (QED) is 0.744. The van der Waals surface area contributed by atoms with Crippen molar-refractivity contribution in [2.75, 3.05) is 6.54 Å². The molecule has 0 saturated carbocycles. The van der Waals surface area contributed by atoms with E-state index in [1.54, 1.807) is 0 Å². The van der Waals surface area contributed by atoms with Gasteiger partial charge in [-0.05, 0) is 19.1 Å². The Hall–Kier alpha value is -2.56. The van der Waals surface area contributed by atoms with Crippen molar-refractivity contribution >= 4 is 16.8 Å². The molecule has 0 radical (unpaired) electrons. The highest BCUT2D eigenvalue weighted by Gasteiger charge is 2.24. The molecule has 0 saturated heterocycles. The first-order valence-corrected chi connectivity index (χ1v) is 7.10. The Morgan fingerprint density at radius 1 is 1.29 bits per heavy atom. The van der Waals surface area contributed by atoms with Gasteiger partial charge >= 0.3 is 0 Å². The molecule has 0 bridgehead atoms. The van der Waals surface area contributed by atoms with Crippen LogP contribution in [0, 0.1) is 6.92 Å². The highest BCUT2D eigenvalue weighted by molar-refractivity contribution is 6.05. The zero-order valence-electron chi connectivity index (χ0n) is 11.8. The predicted octanol–water partition coefficient (Wildman–Crippen LogP) is 2.33. The van der Waals surface area contributed by atoms with Gasteiger partial charge in [0.2, 0.25) is 0 Å². The number of fused-ring (bicyclic) bond motifs is 2. The van der Waals surface area contributed by atoms with E-state index in [2.05, 4.69) is 14.5 Å². The highest BCUT2D eigenvalue weighted by atomic mass is 16.2. The van der Waals surface area contributed by atoms with Crippen molar-refractivity contribution in [1.29, 1.82) is 0 Å². The van der Waals surface area contributed by atoms with E-state index in [0.29, 0.717) is 6.54 Å². The van der Waals surface area contributed by atoms with E-state index in [0.717, 1.165) is 41.1 Å². The van der Waals surface area contributed by atoms with E-state index in [1.165, 1.54) is 0 Å². The lowest BCUT2D eigenvalue weighted by molar-refractivity contribution is 0.0709. The molecule has 0 aliphatic carbocycles. The van der Waals surface area contributed by atoms with Gasteiger partial charge < -0.3 is 14.5 Å². The number of aryl methyl sites for hydroxylation is 1. The van der Waals surface area contributed by atoms with E-state index in [-0.39, 0.29) is 5.91 Å². The van der Waals surface area contributed by atoms with E-state index in [9.17, 15) is 4.79 Å². The van der Waals surface area contributed by atoms with Crippen LogP contribution in [-0.2, 0) is 13.1 Å². The number of amides is 1. The van der Waals surface area contributed by atoms with Crippen LogP contribution in [-0.4, -0.2) is 31.9 Å². The number of hydrogen-bond acceptors (Lipinski definition) is 2. The molecule has 0 spiro atoms. The van der Waals surface area contributed by atoms with Crippen molar-refractivity contribution in [3.63, 3.8) is 0 Å². The fourth-order valence-corrected chi connectivity index (χ4v) is 3.00. The Morgan fingerprint density at radius 3 is 3.10 bits per heavy atom. The number of hydrogen-bond donors (Lipinski definition) is 1. The second-order valence-electron chi connectivity index (χ2n) is 5.47. The number of aromatic amines is 1. The topological polar surface area (TPSA) is 53.9 Å². The predicted molar refractivity (Wildman–Crippen MR) is 80.0 cm³/mol. The van der Waals surface area contributed by atoms with Gasteiger partial charge in [-0.2, -0.15) is 0 Å². The molecule has 5 heteroatoms. The average Bonchev–Trinajstić information content (AvgIpc) is 3.09. The monoisotopic (exact) mass is 280 g/mol. The molecule has 0 atom stereocenters. The van der Waals surface area contributed by atoms with Crippen LogP contribution in [0.25, 0.3) is 10.9 Å². The van der Waals surface area contributed by atoms with Crippen molar-refractivity contribution < 1.29 is 4.79 Å². The maximum absolute atomic E-state index is 12.8. The molecule has 21 heavy (non-hydrogen) atoms. The van der Waals surface area contributed by atoms with E-state index in [1.807, 2.05) is 48.5 Å². The zero-order chi connectivity index (χ0) is 14.4. The summed E-state index contributed by atoms with van der Waals surface area (Å²) in [7, 11) is 0. The van der Waals surface area contributed by atoms with Crippen molar-refractivity contribution in [3.05, 3.63) is 53.7 Å². The number of nitrogens with zero attached hydrogens (tertiary/aromatic N) is 3. The number of rotatable bonds is 1. The molecule has 0 unspecified atom stereocenters. The fourth-order valence-electron chi connectivity index (χ4n) is 3.00. The minimum absolute atomic E-state index is 0.0648. The van der Waals surface area contributed by atoms with Gasteiger partial charge in [-0.3, -0.25) is 4.79 Å². The molecular weight excluding hydrogens is 264 g/mol. The maximum atomic E-state index is 12.8. The number of nitrogens with one attached hydrogen (secondary N) is 1. The first kappa shape index (κ1) is 12.2. The smallest absolute Gasteiger partial charge is 0.256 e. The van der Waals surface area contributed by atoms with E-state index >= 15 is 0 Å². The molecule has 1 amide bonds. The van der Waals surface area contributed by atoms with Gasteiger partial charge in [0.1, 0.15) is 5.82 Å². The van der Waals surface area contributed by atoms with Crippen LogP contribution in [0.2, 0.25) is 0 Å². The summed E-state index contributed by atoms with van der Waals surface area (Å²) in [5.41, 5.74) is 2.65. The van der Waals surface area contributed by atoms with Gasteiger partial charge in [0.25, 0.3) is 5.91 Å². The van der Waals surface area contributed by atoms with Crippen molar-refractivity contribution in [2.24, 2.45) is 0 Å². The van der Waals surface area contributed by atoms with E-state index < -0.39 is 0 Å². The van der Waals surface area contributed by atoms with Gasteiger partial charge in [0.15, 0.2) is 0 Å². The lowest BCUT2D eigenvalue weighted by Crippen LogP contribution is -2.38. The van der Waals surface area contributed by atoms with Crippen molar-refractivity contribution in [3.8, 4) is 0 Å². The van der Waals surface area contributed by atoms with Crippen LogP contribution in [0.1, 0.15) is 21.9 Å². The Labute approximate surface area is 122 Å². The number of imidazole rings is 1. The molecule has 1 aromatic carbocycles. The van der Waals surface area contributed by atoms with Crippen LogP contribution in [0.3, 0.4) is 0 Å². The number of carbonyl (C=O) groups is 1. The molecule has 0 fully saturated rings. The number of carbonyl (C=O) groups excluding carboxylic acids is 1. The van der Waals surface area contributed by atoms with Gasteiger partial charge in [-0.1, -0.05) is 12.1 Å². The Balaban J connectivity index is 1.68. The summed E-state index contributed by atoms with van der Waals surface area (Å²) in [4.78, 5) is 22.3. The van der Waals surface area contributed by atoms with Crippen molar-refractivity contribution in [1.82, 2.24) is 19.4 Å². The summed E-state index contributed by atoms with van der Waals surface area (Å²) < 4.78 is 2.13. The first-order chi connectivity index (χ1) is 10.2. The number of H-pyrrole nitrogens is 1. The molecule has 3 aromatic rings. The lowest BCUT2D eigenvalue weighted by Gasteiger charge is -2.27. The van der Waals surface area contributed by atoms with Crippen LogP contribution in [0.4, 0.5) is 0 Å². The summed E-state index contributed by atoms with van der Waals surface area (Å²) >= 11 is 0. The molecule has 1 aliphatic heterocycles. The Morgan fingerprint density at radius 2 is 2.19 bits per heavy atom. The molecule has 3 heterocycles. The maximum Gasteiger partial charge on any atom is 0.256 e. The van der Waals surface area contributed by atoms with Crippen LogP contribution >= 0.6 is 0 Å². The van der Waals surface area contributed by atoms with E-state index in [4.69, 9.17) is 0 Å². The second-order valence-corrected chi connectivity index (χ2v) is 5.47. The normalized spacial score (nSPS) is 14.4. The van der Waals surface area contributed by atoms with Crippen molar-refractivity contribution in [2.45, 2.75) is 20.0 Å². The largest absolute Gasteiger partial charge is 0.361 e. The average molecular weight is 280 g/mol. The van der Waals surface area contributed by atoms with Gasteiger partial charge in [-0.25, -0.2) is 4.98 Å². The number of aromatic nitrogens is 3. The lowest BCUT2D eigenvalue weighted by atomic mass is 10.1. The SMILES string of the molecule is Cc1cn2c(n1)CN(C(=O)c1cccc3cc[nH]c13)CC2. The van der Waals surface area contributed by atoms with Crippen LogP contribution in [0.5, 0.6) is 0 Å². The summed E-state index contributed by atoms with van der Waals surface area (Å²) in [5, 5.41) is 1.07. The molecular formula is C16H16N4O. The number of benzene rings is 1. The number of para-hydroxylation sites is 1. The minimum Gasteiger partial charge on any atom is -0.361 e. The summed E-state index contributed by atoms with van der Waals surface area (Å²) in [6.07, 6.45) is 3.91. The summed E-state index contributed by atoms with van der Waals surface area (Å²) in [6, 6.07) is 7.80. The van der Waals surface area contributed by atoms with Gasteiger partial charge in [0, 0.05) is 30.9 Å². The fraction of sp³-hybridized carbons (Fsp3) is 0.250. The molecule has 4 rings (SSSR count). The van der Waals surface area contributed by atoms with Crippen LogP contribution in [0.15, 0.2) is 36.7 Å². The highest BCUT2D eigenvalue weighted by Crippen LogP contribution is 2.21. The molecule has 5 nitrogen and oxygen atoms in total. The third kappa shape index (κ3) is 1.93. The van der Waals surface area contributed by atoms with Gasteiger partial charge in [0.05, 0.1) is 23.3 Å². The molecule has 1 N–H and O–H groups in total. The first-order valence-electron chi connectivity index (χ1n) is 7.10. The minimum atomic E-state index is 0.0648. The second kappa shape index (κ2) is 4.48. The standard InChI is InChI=1S/C16H16N4O/c1-11-9-19-7-8-20(10-14(19)18-11)16(21)13-4-2-3-12-5-6-17-15(12)13/h2-6,9,17H,7-8,10H2,1H3. The Kier molecular flexibility index (Phi) is 2.60. The zero-order valence-corrected chi connectivity index (χ0v) is 11.8.